The fourth-order valence-corrected chi connectivity index (χ4v) is 3.65. The standard InChI is InChI=1S/C17H19FN4O2S/c1-10-14(15(19)23)25-17-21-13(11-4-6-12(18)7-5-11)16(22(10)17)20-8-3-9-24-2/h4-7,20H,3,8-9H2,1-2H3,(H2,19,23). The summed E-state index contributed by atoms with van der Waals surface area (Å²) < 4.78 is 20.2. The van der Waals surface area contributed by atoms with E-state index in [4.69, 9.17) is 10.5 Å². The molecule has 0 saturated heterocycles. The molecule has 2 aromatic heterocycles. The maximum Gasteiger partial charge on any atom is 0.260 e. The highest BCUT2D eigenvalue weighted by Crippen LogP contribution is 2.34. The van der Waals surface area contributed by atoms with Crippen molar-refractivity contribution in [3.8, 4) is 11.3 Å². The minimum atomic E-state index is -0.471. The van der Waals surface area contributed by atoms with E-state index in [0.29, 0.717) is 28.7 Å². The summed E-state index contributed by atoms with van der Waals surface area (Å²) in [6.07, 6.45) is 0.818. The number of hydrogen-bond acceptors (Lipinski definition) is 5. The molecule has 0 saturated carbocycles. The number of carbonyl (C=O) groups excluding carboxylic acids is 1. The number of anilines is 1. The monoisotopic (exact) mass is 362 g/mol. The lowest BCUT2D eigenvalue weighted by atomic mass is 10.1. The molecule has 3 N–H and O–H groups in total. The summed E-state index contributed by atoms with van der Waals surface area (Å²) in [4.78, 5) is 17.4. The van der Waals surface area contributed by atoms with Crippen molar-refractivity contribution in [2.24, 2.45) is 5.73 Å². The van der Waals surface area contributed by atoms with E-state index in [1.54, 1.807) is 19.2 Å². The molecule has 0 fully saturated rings. The van der Waals surface area contributed by atoms with E-state index in [-0.39, 0.29) is 5.82 Å². The Bertz CT molecular complexity index is 902. The Morgan fingerprint density at radius 3 is 2.76 bits per heavy atom. The van der Waals surface area contributed by atoms with Crippen molar-refractivity contribution in [3.63, 3.8) is 0 Å². The summed E-state index contributed by atoms with van der Waals surface area (Å²) in [5, 5.41) is 3.36. The van der Waals surface area contributed by atoms with E-state index in [1.807, 2.05) is 11.3 Å². The van der Waals surface area contributed by atoms with E-state index < -0.39 is 5.91 Å². The number of amides is 1. The Morgan fingerprint density at radius 2 is 2.12 bits per heavy atom. The quantitative estimate of drug-likeness (QED) is 0.633. The van der Waals surface area contributed by atoms with Crippen LogP contribution in [-0.2, 0) is 4.74 Å². The molecule has 0 spiro atoms. The van der Waals surface area contributed by atoms with Gasteiger partial charge in [0.15, 0.2) is 4.96 Å². The topological polar surface area (TPSA) is 81.7 Å². The van der Waals surface area contributed by atoms with Gasteiger partial charge in [-0.1, -0.05) is 11.3 Å². The Hall–Kier alpha value is -2.45. The van der Waals surface area contributed by atoms with Crippen molar-refractivity contribution in [3.05, 3.63) is 40.7 Å². The number of methoxy groups -OCH3 is 1. The van der Waals surface area contributed by atoms with Gasteiger partial charge in [-0.3, -0.25) is 9.20 Å². The number of primary amides is 1. The van der Waals surface area contributed by atoms with Gasteiger partial charge in [0, 0.05) is 31.5 Å². The van der Waals surface area contributed by atoms with E-state index in [9.17, 15) is 9.18 Å². The molecule has 0 aliphatic carbocycles. The van der Waals surface area contributed by atoms with Crippen LogP contribution in [0.1, 0.15) is 21.8 Å². The van der Waals surface area contributed by atoms with Crippen LogP contribution in [0.25, 0.3) is 16.2 Å². The average molecular weight is 362 g/mol. The van der Waals surface area contributed by atoms with Gasteiger partial charge in [0.2, 0.25) is 0 Å². The highest BCUT2D eigenvalue weighted by atomic mass is 32.1. The molecule has 132 valence electrons. The molecule has 0 unspecified atom stereocenters. The van der Waals surface area contributed by atoms with Gasteiger partial charge < -0.3 is 15.8 Å². The molecular formula is C17H19FN4O2S. The minimum Gasteiger partial charge on any atom is -0.385 e. The third kappa shape index (κ3) is 3.35. The Morgan fingerprint density at radius 1 is 1.40 bits per heavy atom. The molecule has 1 aromatic carbocycles. The number of carbonyl (C=O) groups is 1. The maximum atomic E-state index is 13.2. The molecule has 3 aromatic rings. The number of halogens is 1. The second kappa shape index (κ2) is 7.20. The molecule has 0 bridgehead atoms. The first-order valence-electron chi connectivity index (χ1n) is 7.83. The lowest BCUT2D eigenvalue weighted by molar-refractivity contribution is 0.100. The first-order chi connectivity index (χ1) is 12.0. The molecule has 3 rings (SSSR count). The second-order valence-electron chi connectivity index (χ2n) is 5.59. The fourth-order valence-electron chi connectivity index (χ4n) is 2.67. The van der Waals surface area contributed by atoms with Crippen molar-refractivity contribution in [2.45, 2.75) is 13.3 Å². The van der Waals surface area contributed by atoms with Gasteiger partial charge in [-0.15, -0.1) is 0 Å². The number of nitrogens with zero attached hydrogens (tertiary/aromatic N) is 2. The average Bonchev–Trinajstić information content (AvgIpc) is 3.10. The summed E-state index contributed by atoms with van der Waals surface area (Å²) in [7, 11) is 1.66. The predicted octanol–water partition coefficient (Wildman–Crippen LogP) is 3.06. The number of aromatic nitrogens is 2. The van der Waals surface area contributed by atoms with Crippen LogP contribution in [-0.4, -0.2) is 35.6 Å². The number of nitrogens with two attached hydrogens (primary N) is 1. The summed E-state index contributed by atoms with van der Waals surface area (Å²) in [5.74, 6) is -0.00723. The number of thiazole rings is 1. The molecule has 2 heterocycles. The molecule has 8 heteroatoms. The number of fused-ring (bicyclic) bond motifs is 1. The van der Waals surface area contributed by atoms with Gasteiger partial charge in [-0.2, -0.15) is 0 Å². The molecule has 0 radical (unpaired) electrons. The van der Waals surface area contributed by atoms with Gasteiger partial charge in [0.05, 0.1) is 0 Å². The van der Waals surface area contributed by atoms with Crippen LogP contribution in [0.2, 0.25) is 0 Å². The van der Waals surface area contributed by atoms with Gasteiger partial charge in [0.1, 0.15) is 22.2 Å². The van der Waals surface area contributed by atoms with E-state index >= 15 is 0 Å². The van der Waals surface area contributed by atoms with Crippen LogP contribution < -0.4 is 11.1 Å². The predicted molar refractivity (Wildman–Crippen MR) is 96.7 cm³/mol. The molecule has 0 aliphatic rings. The first-order valence-corrected chi connectivity index (χ1v) is 8.65. The van der Waals surface area contributed by atoms with Crippen molar-refractivity contribution in [2.75, 3.05) is 25.6 Å². The van der Waals surface area contributed by atoms with Gasteiger partial charge in [0.25, 0.3) is 5.91 Å². The summed E-state index contributed by atoms with van der Waals surface area (Å²) in [6, 6.07) is 6.18. The molecule has 0 atom stereocenters. The highest BCUT2D eigenvalue weighted by molar-refractivity contribution is 7.19. The van der Waals surface area contributed by atoms with Crippen LogP contribution in [0.5, 0.6) is 0 Å². The van der Waals surface area contributed by atoms with Crippen LogP contribution in [0.4, 0.5) is 10.2 Å². The Kier molecular flexibility index (Phi) is 5.00. The van der Waals surface area contributed by atoms with Crippen LogP contribution in [0.15, 0.2) is 24.3 Å². The van der Waals surface area contributed by atoms with Gasteiger partial charge in [-0.05, 0) is 37.6 Å². The zero-order chi connectivity index (χ0) is 18.0. The van der Waals surface area contributed by atoms with Gasteiger partial charge in [-0.25, -0.2) is 9.37 Å². The Balaban J connectivity index is 2.08. The van der Waals surface area contributed by atoms with Crippen LogP contribution >= 0.6 is 11.3 Å². The largest absolute Gasteiger partial charge is 0.385 e. The zero-order valence-electron chi connectivity index (χ0n) is 14.0. The summed E-state index contributed by atoms with van der Waals surface area (Å²) in [6.45, 7) is 3.15. The number of imidazole rings is 1. The molecular weight excluding hydrogens is 343 g/mol. The molecule has 1 amide bonds. The van der Waals surface area contributed by atoms with Gasteiger partial charge >= 0.3 is 0 Å². The minimum absolute atomic E-state index is 0.299. The lowest BCUT2D eigenvalue weighted by Crippen LogP contribution is -2.12. The van der Waals surface area contributed by atoms with E-state index in [1.165, 1.54) is 23.5 Å². The summed E-state index contributed by atoms with van der Waals surface area (Å²) >= 11 is 1.25. The third-order valence-corrected chi connectivity index (χ3v) is 5.02. The molecule has 25 heavy (non-hydrogen) atoms. The SMILES string of the molecule is COCCCNc1c(-c2ccc(F)cc2)nc2sc(C(N)=O)c(C)n12. The van der Waals surface area contributed by atoms with Crippen LogP contribution in [0, 0.1) is 12.7 Å². The number of nitrogens with one attached hydrogen (secondary N) is 1. The normalized spacial score (nSPS) is 11.2. The van der Waals surface area contributed by atoms with Crippen molar-refractivity contribution < 1.29 is 13.9 Å². The summed E-state index contributed by atoms with van der Waals surface area (Å²) in [5.41, 5.74) is 7.69. The number of benzene rings is 1. The van der Waals surface area contributed by atoms with E-state index in [0.717, 1.165) is 23.5 Å². The smallest absolute Gasteiger partial charge is 0.260 e. The Labute approximate surface area is 148 Å². The van der Waals surface area contributed by atoms with E-state index in [2.05, 4.69) is 10.3 Å². The first kappa shape index (κ1) is 17.4. The third-order valence-electron chi connectivity index (χ3n) is 3.86. The highest BCUT2D eigenvalue weighted by Gasteiger charge is 2.21. The van der Waals surface area contributed by atoms with Crippen molar-refractivity contribution in [1.29, 1.82) is 0 Å². The molecule has 0 aliphatic heterocycles. The second-order valence-corrected chi connectivity index (χ2v) is 6.57. The number of rotatable bonds is 7. The number of aryl methyl sites for hydroxylation is 1. The van der Waals surface area contributed by atoms with Crippen molar-refractivity contribution in [1.82, 2.24) is 9.38 Å². The fraction of sp³-hybridized carbons (Fsp3) is 0.294. The lowest BCUT2D eigenvalue weighted by Gasteiger charge is -2.09. The van der Waals surface area contributed by atoms with Crippen LogP contribution in [0.3, 0.4) is 0 Å². The number of ether oxygens (including phenoxy) is 1. The molecule has 6 nitrogen and oxygen atoms in total. The number of hydrogen-bond donors (Lipinski definition) is 2. The maximum absolute atomic E-state index is 13.2. The zero-order valence-corrected chi connectivity index (χ0v) is 14.8. The van der Waals surface area contributed by atoms with Crippen molar-refractivity contribution >= 4 is 28.0 Å².